The molecule has 0 aliphatic carbocycles. The average Bonchev–Trinajstić information content (AvgIpc) is 2.09. The minimum absolute atomic E-state index is 0.540. The van der Waals surface area contributed by atoms with Crippen LogP contribution in [0.4, 0.5) is 0 Å². The number of rotatable bonds is 2. The van der Waals surface area contributed by atoms with Gasteiger partial charge in [-0.2, -0.15) is 0 Å². The van der Waals surface area contributed by atoms with E-state index in [1.54, 1.807) is 12.1 Å². The van der Waals surface area contributed by atoms with Crippen LogP contribution < -0.4 is 4.52 Å². The van der Waals surface area contributed by atoms with Gasteiger partial charge < -0.3 is 0 Å². The molecule has 0 aromatic carbocycles. The number of hydrogen-bond donors (Lipinski definition) is 2. The molecule has 3 nitrogen and oxygen atoms in total. The Labute approximate surface area is 69.4 Å². The molecule has 1 rings (SSSR count). The topological polar surface area (TPSA) is 49.7 Å². The van der Waals surface area contributed by atoms with Gasteiger partial charge in [-0.15, -0.1) is 0 Å². The van der Waals surface area contributed by atoms with Crippen molar-refractivity contribution in [2.45, 2.75) is 0 Å². The van der Waals surface area contributed by atoms with Crippen LogP contribution in [0.2, 0.25) is 0 Å². The Morgan fingerprint density at radius 1 is 1.45 bits per heavy atom. The molecule has 0 saturated carbocycles. The fourth-order valence-corrected chi connectivity index (χ4v) is 2.43. The first kappa shape index (κ1) is 8.94. The standard InChI is InChI=1S/C6H11O3PS/c1-10(2,7,8)9-6-4-3-5-11-6/h3-5,7-8H,1-2H3. The van der Waals surface area contributed by atoms with Crippen molar-refractivity contribution >= 4 is 18.6 Å². The van der Waals surface area contributed by atoms with Gasteiger partial charge in [0.1, 0.15) is 0 Å². The van der Waals surface area contributed by atoms with Crippen LogP contribution in [-0.2, 0) is 0 Å². The fourth-order valence-electron chi connectivity index (χ4n) is 0.576. The van der Waals surface area contributed by atoms with Crippen molar-refractivity contribution in [2.75, 3.05) is 13.3 Å². The Kier molecular flexibility index (Phi) is 1.97. The summed E-state index contributed by atoms with van der Waals surface area (Å²) in [5.41, 5.74) is 0. The van der Waals surface area contributed by atoms with Crippen LogP contribution >= 0.6 is 18.6 Å². The predicted molar refractivity (Wildman–Crippen MR) is 48.2 cm³/mol. The van der Waals surface area contributed by atoms with E-state index in [1.165, 1.54) is 24.7 Å². The second-order valence-corrected chi connectivity index (χ2v) is 7.71. The Morgan fingerprint density at radius 2 is 2.09 bits per heavy atom. The van der Waals surface area contributed by atoms with E-state index in [2.05, 4.69) is 0 Å². The number of thiophene rings is 1. The van der Waals surface area contributed by atoms with E-state index >= 15 is 0 Å². The zero-order valence-corrected chi connectivity index (χ0v) is 8.10. The quantitative estimate of drug-likeness (QED) is 0.704. The molecule has 0 fully saturated rings. The van der Waals surface area contributed by atoms with Crippen LogP contribution in [0.15, 0.2) is 17.5 Å². The van der Waals surface area contributed by atoms with Crippen LogP contribution in [0.5, 0.6) is 5.06 Å². The Morgan fingerprint density at radius 3 is 2.45 bits per heavy atom. The van der Waals surface area contributed by atoms with Gasteiger partial charge in [0.25, 0.3) is 0 Å². The summed E-state index contributed by atoms with van der Waals surface area (Å²) in [6.07, 6.45) is 0. The third kappa shape index (κ3) is 3.68. The van der Waals surface area contributed by atoms with Crippen molar-refractivity contribution in [3.05, 3.63) is 17.5 Å². The first-order valence-electron chi connectivity index (χ1n) is 3.08. The molecule has 0 spiro atoms. The summed E-state index contributed by atoms with van der Waals surface area (Å²) >= 11 is 1.34. The van der Waals surface area contributed by atoms with Gasteiger partial charge >= 0.3 is 68.8 Å². The minimum atomic E-state index is -3.81. The summed E-state index contributed by atoms with van der Waals surface area (Å²) in [4.78, 5) is 18.7. The first-order chi connectivity index (χ1) is 4.83. The Bertz CT molecular complexity index is 227. The fraction of sp³-hybridized carbons (Fsp3) is 0.333. The average molecular weight is 194 g/mol. The van der Waals surface area contributed by atoms with Gasteiger partial charge in [0, 0.05) is 0 Å². The van der Waals surface area contributed by atoms with Gasteiger partial charge in [-0.25, -0.2) is 0 Å². The van der Waals surface area contributed by atoms with E-state index in [-0.39, 0.29) is 0 Å². The molecule has 5 heteroatoms. The van der Waals surface area contributed by atoms with Gasteiger partial charge in [0.2, 0.25) is 0 Å². The van der Waals surface area contributed by atoms with Crippen molar-refractivity contribution in [1.82, 2.24) is 0 Å². The summed E-state index contributed by atoms with van der Waals surface area (Å²) in [7, 11) is -3.81. The summed E-state index contributed by atoms with van der Waals surface area (Å²) in [5, 5.41) is 2.36. The van der Waals surface area contributed by atoms with Crippen molar-refractivity contribution in [3.8, 4) is 5.06 Å². The first-order valence-corrected chi connectivity index (χ1v) is 6.91. The molecule has 0 amide bonds. The van der Waals surface area contributed by atoms with Crippen LogP contribution in [-0.4, -0.2) is 23.1 Å². The van der Waals surface area contributed by atoms with E-state index in [4.69, 9.17) is 4.52 Å². The zero-order chi connectivity index (χ0) is 8.56. The molecule has 2 N–H and O–H groups in total. The summed E-state index contributed by atoms with van der Waals surface area (Å²) in [6, 6.07) is 3.49. The monoisotopic (exact) mass is 194 g/mol. The second kappa shape index (κ2) is 2.42. The molecule has 1 aromatic heterocycles. The SMILES string of the molecule is CP(C)(O)(O)Oc1cccs1. The van der Waals surface area contributed by atoms with Gasteiger partial charge in [-0.05, 0) is 0 Å². The van der Waals surface area contributed by atoms with Gasteiger partial charge in [-0.3, -0.25) is 0 Å². The number of hydrogen-bond acceptors (Lipinski definition) is 4. The maximum atomic E-state index is 9.33. The predicted octanol–water partition coefficient (Wildman–Crippen LogP) is 1.67. The van der Waals surface area contributed by atoms with Crippen molar-refractivity contribution in [3.63, 3.8) is 0 Å². The van der Waals surface area contributed by atoms with Crippen molar-refractivity contribution < 1.29 is 14.3 Å². The van der Waals surface area contributed by atoms with E-state index in [0.717, 1.165) is 0 Å². The van der Waals surface area contributed by atoms with Gasteiger partial charge in [0.05, 0.1) is 0 Å². The van der Waals surface area contributed by atoms with E-state index in [1.807, 2.05) is 5.38 Å². The maximum absolute atomic E-state index is 9.33. The molecular weight excluding hydrogens is 183 g/mol. The van der Waals surface area contributed by atoms with Gasteiger partial charge in [0.15, 0.2) is 0 Å². The van der Waals surface area contributed by atoms with Crippen LogP contribution in [0.25, 0.3) is 0 Å². The Hall–Kier alpha value is -0.150. The summed E-state index contributed by atoms with van der Waals surface area (Å²) in [5.74, 6) is 0. The molecular formula is C6H11O3PS. The molecule has 0 atom stereocenters. The van der Waals surface area contributed by atoms with Crippen molar-refractivity contribution in [2.24, 2.45) is 0 Å². The molecule has 1 heterocycles. The van der Waals surface area contributed by atoms with Crippen LogP contribution in [0.3, 0.4) is 0 Å². The summed E-state index contributed by atoms with van der Waals surface area (Å²) < 4.78 is 4.99. The molecule has 11 heavy (non-hydrogen) atoms. The third-order valence-electron chi connectivity index (χ3n) is 0.849. The summed E-state index contributed by atoms with van der Waals surface area (Å²) in [6.45, 7) is 2.62. The molecule has 64 valence electrons. The molecule has 1 aromatic rings. The normalized spacial score (nSPS) is 15.5. The van der Waals surface area contributed by atoms with Crippen molar-refractivity contribution in [1.29, 1.82) is 0 Å². The van der Waals surface area contributed by atoms with Gasteiger partial charge in [-0.1, -0.05) is 0 Å². The molecule has 0 aliphatic rings. The Balaban J connectivity index is 2.72. The molecule has 0 unspecified atom stereocenters. The second-order valence-electron chi connectivity index (χ2n) is 2.89. The molecule has 0 radical (unpaired) electrons. The third-order valence-corrected chi connectivity index (χ3v) is 2.44. The van der Waals surface area contributed by atoms with Crippen LogP contribution in [0, 0.1) is 0 Å². The van der Waals surface area contributed by atoms with E-state index < -0.39 is 7.28 Å². The zero-order valence-electron chi connectivity index (χ0n) is 6.39. The van der Waals surface area contributed by atoms with E-state index in [0.29, 0.717) is 5.06 Å². The molecule has 0 bridgehead atoms. The molecule has 0 aliphatic heterocycles. The van der Waals surface area contributed by atoms with Crippen LogP contribution in [0.1, 0.15) is 0 Å². The van der Waals surface area contributed by atoms with E-state index in [9.17, 15) is 9.79 Å². The molecule has 0 saturated heterocycles.